The number of aliphatic hydroxyl groups excluding tert-OH is 1. The van der Waals surface area contributed by atoms with E-state index in [9.17, 15) is 5.11 Å². The third-order valence-electron chi connectivity index (χ3n) is 4.72. The summed E-state index contributed by atoms with van der Waals surface area (Å²) in [6.07, 6.45) is 1.28. The molecule has 0 radical (unpaired) electrons. The minimum absolute atomic E-state index is 0. The summed E-state index contributed by atoms with van der Waals surface area (Å²) in [4.78, 5) is 0. The molecule has 3 rings (SSSR count). The number of aliphatic hydroxyl groups is 1. The molecule has 5 heteroatoms. The molecular weight excluding hydrogens is 290 g/mol. The fourth-order valence-corrected chi connectivity index (χ4v) is 3.49. The Balaban J connectivity index is 0.00000161. The Morgan fingerprint density at radius 2 is 1.81 bits per heavy atom. The molecule has 1 aromatic carbocycles. The van der Waals surface area contributed by atoms with E-state index in [2.05, 4.69) is 5.32 Å². The van der Waals surface area contributed by atoms with Gasteiger partial charge in [-0.3, -0.25) is 0 Å². The van der Waals surface area contributed by atoms with Crippen molar-refractivity contribution in [2.24, 2.45) is 11.8 Å². The molecule has 0 aromatic heterocycles. The zero-order valence-corrected chi connectivity index (χ0v) is 13.4. The molecule has 1 aromatic rings. The molecule has 2 N–H and O–H groups in total. The topological polar surface area (TPSA) is 50.7 Å². The summed E-state index contributed by atoms with van der Waals surface area (Å²) >= 11 is 0. The van der Waals surface area contributed by atoms with E-state index in [4.69, 9.17) is 9.47 Å². The molecule has 118 valence electrons. The first-order valence-corrected chi connectivity index (χ1v) is 7.38. The number of fused-ring (bicyclic) bond motifs is 1. The summed E-state index contributed by atoms with van der Waals surface area (Å²) in [5.74, 6) is 2.89. The number of ether oxygens (including phenoxy) is 2. The Kier molecular flexibility index (Phi) is 5.36. The van der Waals surface area contributed by atoms with E-state index >= 15 is 0 Å². The first-order chi connectivity index (χ1) is 9.69. The van der Waals surface area contributed by atoms with E-state index < -0.39 is 0 Å². The van der Waals surface area contributed by atoms with Gasteiger partial charge < -0.3 is 19.9 Å². The van der Waals surface area contributed by atoms with Crippen molar-refractivity contribution in [1.82, 2.24) is 5.32 Å². The minimum atomic E-state index is -0.373. The summed E-state index contributed by atoms with van der Waals surface area (Å²) in [7, 11) is 1.66. The minimum Gasteiger partial charge on any atom is -0.496 e. The van der Waals surface area contributed by atoms with Crippen LogP contribution in [0.1, 0.15) is 18.4 Å². The van der Waals surface area contributed by atoms with Crippen molar-refractivity contribution in [1.29, 1.82) is 0 Å². The third kappa shape index (κ3) is 3.28. The third-order valence-corrected chi connectivity index (χ3v) is 4.72. The summed E-state index contributed by atoms with van der Waals surface area (Å²) in [6, 6.07) is 5.80. The zero-order valence-electron chi connectivity index (χ0n) is 12.5. The molecule has 4 nitrogen and oxygen atoms in total. The van der Waals surface area contributed by atoms with Crippen LogP contribution in [0.4, 0.5) is 0 Å². The maximum Gasteiger partial charge on any atom is 0.126 e. The van der Waals surface area contributed by atoms with Gasteiger partial charge in [0.2, 0.25) is 0 Å². The van der Waals surface area contributed by atoms with Crippen LogP contribution in [0.15, 0.2) is 18.2 Å². The second-order valence-corrected chi connectivity index (χ2v) is 5.96. The standard InChI is InChI=1S/C16H23NO3.ClH/c1-10-14(19-2)4-3-5-15(10)20-16-7-12-9-17-8-11(12)6-13(16)18;/h3-5,11-13,16-18H,6-9H2,1-2H3;1H/t11-,12+,13+,16+;/m0./s1. The second-order valence-electron chi connectivity index (χ2n) is 5.96. The van der Waals surface area contributed by atoms with Gasteiger partial charge >= 0.3 is 0 Å². The van der Waals surface area contributed by atoms with Gasteiger partial charge in [0, 0.05) is 5.56 Å². The number of methoxy groups -OCH3 is 1. The predicted octanol–water partition coefficient (Wildman–Crippen LogP) is 2.16. The second kappa shape index (κ2) is 6.86. The Labute approximate surface area is 132 Å². The molecule has 1 saturated carbocycles. The molecule has 0 spiro atoms. The number of hydrogen-bond donors (Lipinski definition) is 2. The van der Waals surface area contributed by atoms with Gasteiger partial charge in [-0.1, -0.05) is 6.07 Å². The van der Waals surface area contributed by atoms with Crippen LogP contribution in [0.5, 0.6) is 11.5 Å². The van der Waals surface area contributed by atoms with Crippen LogP contribution in [0.2, 0.25) is 0 Å². The molecule has 1 heterocycles. The maximum atomic E-state index is 10.3. The van der Waals surface area contributed by atoms with Crippen LogP contribution in [-0.4, -0.2) is 37.5 Å². The van der Waals surface area contributed by atoms with Crippen molar-refractivity contribution >= 4 is 12.4 Å². The Bertz CT molecular complexity index is 483. The van der Waals surface area contributed by atoms with Crippen LogP contribution in [0.25, 0.3) is 0 Å². The molecular formula is C16H24ClNO3. The summed E-state index contributed by atoms with van der Waals surface area (Å²) < 4.78 is 11.4. The monoisotopic (exact) mass is 313 g/mol. The highest BCUT2D eigenvalue weighted by Gasteiger charge is 2.40. The molecule has 0 amide bonds. The highest BCUT2D eigenvalue weighted by molar-refractivity contribution is 5.85. The van der Waals surface area contributed by atoms with E-state index in [0.29, 0.717) is 11.8 Å². The smallest absolute Gasteiger partial charge is 0.126 e. The number of hydrogen-bond acceptors (Lipinski definition) is 4. The van der Waals surface area contributed by atoms with Gasteiger partial charge in [-0.05, 0) is 56.8 Å². The van der Waals surface area contributed by atoms with Crippen molar-refractivity contribution in [3.05, 3.63) is 23.8 Å². The summed E-state index contributed by atoms with van der Waals surface area (Å²) in [6.45, 7) is 4.07. The van der Waals surface area contributed by atoms with Gasteiger partial charge in [0.25, 0.3) is 0 Å². The number of nitrogens with one attached hydrogen (secondary N) is 1. The Hall–Kier alpha value is -0.970. The lowest BCUT2D eigenvalue weighted by atomic mass is 9.78. The van der Waals surface area contributed by atoms with Crippen LogP contribution in [0, 0.1) is 18.8 Å². The van der Waals surface area contributed by atoms with E-state index in [1.807, 2.05) is 25.1 Å². The van der Waals surface area contributed by atoms with Gasteiger partial charge in [-0.2, -0.15) is 0 Å². The number of halogens is 1. The average Bonchev–Trinajstić information content (AvgIpc) is 2.88. The van der Waals surface area contributed by atoms with Crippen molar-refractivity contribution in [3.8, 4) is 11.5 Å². The molecule has 2 aliphatic rings. The van der Waals surface area contributed by atoms with Gasteiger partial charge in [-0.15, -0.1) is 12.4 Å². The lowest BCUT2D eigenvalue weighted by molar-refractivity contribution is -0.0235. The van der Waals surface area contributed by atoms with Crippen molar-refractivity contribution in [3.63, 3.8) is 0 Å². The quantitative estimate of drug-likeness (QED) is 0.898. The van der Waals surface area contributed by atoms with Gasteiger partial charge in [0.1, 0.15) is 17.6 Å². The Morgan fingerprint density at radius 3 is 2.52 bits per heavy atom. The van der Waals surface area contributed by atoms with Crippen molar-refractivity contribution in [2.45, 2.75) is 32.0 Å². The Morgan fingerprint density at radius 1 is 1.14 bits per heavy atom. The van der Waals surface area contributed by atoms with Gasteiger partial charge in [0.15, 0.2) is 0 Å². The summed E-state index contributed by atoms with van der Waals surface area (Å²) in [5, 5.41) is 13.7. The van der Waals surface area contributed by atoms with Crippen molar-refractivity contribution in [2.75, 3.05) is 20.2 Å². The molecule has 1 aliphatic heterocycles. The van der Waals surface area contributed by atoms with Crippen LogP contribution in [0.3, 0.4) is 0 Å². The lowest BCUT2D eigenvalue weighted by Gasteiger charge is -2.35. The first kappa shape index (κ1) is 16.4. The molecule has 4 atom stereocenters. The molecule has 1 aliphatic carbocycles. The lowest BCUT2D eigenvalue weighted by Crippen LogP contribution is -2.42. The first-order valence-electron chi connectivity index (χ1n) is 7.38. The van der Waals surface area contributed by atoms with Crippen LogP contribution >= 0.6 is 12.4 Å². The molecule has 2 fully saturated rings. The van der Waals surface area contributed by atoms with E-state index in [1.54, 1.807) is 7.11 Å². The van der Waals surface area contributed by atoms with Crippen LogP contribution < -0.4 is 14.8 Å². The zero-order chi connectivity index (χ0) is 14.1. The molecule has 21 heavy (non-hydrogen) atoms. The van der Waals surface area contributed by atoms with E-state index in [-0.39, 0.29) is 24.6 Å². The van der Waals surface area contributed by atoms with Gasteiger partial charge in [-0.25, -0.2) is 0 Å². The molecule has 0 bridgehead atoms. The maximum absolute atomic E-state index is 10.3. The SMILES string of the molecule is COc1cccc(O[C@@H]2C[C@@H]3CNC[C@@H]3C[C@H]2O)c1C.Cl. The molecule has 1 saturated heterocycles. The average molecular weight is 314 g/mol. The molecule has 0 unspecified atom stereocenters. The highest BCUT2D eigenvalue weighted by atomic mass is 35.5. The van der Waals surface area contributed by atoms with E-state index in [1.165, 1.54) is 0 Å². The van der Waals surface area contributed by atoms with E-state index in [0.717, 1.165) is 43.0 Å². The predicted molar refractivity (Wildman–Crippen MR) is 84.5 cm³/mol. The highest BCUT2D eigenvalue weighted by Crippen LogP contribution is 2.36. The fourth-order valence-electron chi connectivity index (χ4n) is 3.49. The fraction of sp³-hybridized carbons (Fsp3) is 0.625. The van der Waals surface area contributed by atoms with Crippen molar-refractivity contribution < 1.29 is 14.6 Å². The number of rotatable bonds is 3. The number of benzene rings is 1. The van der Waals surface area contributed by atoms with Crippen LogP contribution in [-0.2, 0) is 0 Å². The normalized spacial score (nSPS) is 31.2. The largest absolute Gasteiger partial charge is 0.496 e. The van der Waals surface area contributed by atoms with Gasteiger partial charge in [0.05, 0.1) is 13.2 Å². The summed E-state index contributed by atoms with van der Waals surface area (Å²) in [5.41, 5.74) is 0.994.